The minimum atomic E-state index is -0.323. The molecule has 0 aliphatic heterocycles. The molecule has 3 rings (SSSR count). The van der Waals surface area contributed by atoms with Crippen LogP contribution in [0.3, 0.4) is 0 Å². The van der Waals surface area contributed by atoms with Crippen molar-refractivity contribution in [2.24, 2.45) is 5.41 Å². The van der Waals surface area contributed by atoms with Crippen molar-refractivity contribution in [1.29, 1.82) is 0 Å². The molecule has 4 heteroatoms. The molecule has 0 unspecified atom stereocenters. The van der Waals surface area contributed by atoms with E-state index in [1.807, 2.05) is 24.3 Å². The zero-order valence-corrected chi connectivity index (χ0v) is 13.8. The van der Waals surface area contributed by atoms with Crippen LogP contribution in [-0.4, -0.2) is 24.2 Å². The first-order chi connectivity index (χ1) is 10.1. The molecule has 2 aliphatic rings. The SMILES string of the molecule is O=C(NCC1(CO)CCCC1)C1(c2ccc(Br)cc2)CC1. The molecule has 1 aromatic carbocycles. The van der Waals surface area contributed by atoms with Gasteiger partial charge in [0, 0.05) is 16.4 Å². The third kappa shape index (κ3) is 2.88. The molecule has 1 amide bonds. The molecule has 2 N–H and O–H groups in total. The molecule has 0 spiro atoms. The van der Waals surface area contributed by atoms with E-state index in [0.717, 1.165) is 48.6 Å². The number of rotatable bonds is 5. The minimum Gasteiger partial charge on any atom is -0.396 e. The summed E-state index contributed by atoms with van der Waals surface area (Å²) in [7, 11) is 0. The summed E-state index contributed by atoms with van der Waals surface area (Å²) in [5.74, 6) is 0.129. The van der Waals surface area contributed by atoms with E-state index in [0.29, 0.717) is 6.54 Å². The van der Waals surface area contributed by atoms with Crippen molar-refractivity contribution >= 4 is 21.8 Å². The van der Waals surface area contributed by atoms with Crippen LogP contribution < -0.4 is 5.32 Å². The van der Waals surface area contributed by atoms with Crippen molar-refractivity contribution < 1.29 is 9.90 Å². The number of hydrogen-bond donors (Lipinski definition) is 2. The van der Waals surface area contributed by atoms with E-state index in [4.69, 9.17) is 0 Å². The average Bonchev–Trinajstić information content (AvgIpc) is 3.18. The highest BCUT2D eigenvalue weighted by Crippen LogP contribution is 2.49. The van der Waals surface area contributed by atoms with Crippen LogP contribution in [-0.2, 0) is 10.2 Å². The van der Waals surface area contributed by atoms with Gasteiger partial charge in [-0.25, -0.2) is 0 Å². The molecule has 1 aromatic rings. The van der Waals surface area contributed by atoms with Crippen molar-refractivity contribution in [3.05, 3.63) is 34.3 Å². The Kier molecular flexibility index (Phi) is 4.10. The summed E-state index contributed by atoms with van der Waals surface area (Å²) in [6.45, 7) is 0.791. The van der Waals surface area contributed by atoms with Crippen molar-refractivity contribution in [2.45, 2.75) is 43.9 Å². The number of aliphatic hydroxyl groups is 1. The van der Waals surface area contributed by atoms with Gasteiger partial charge in [-0.3, -0.25) is 4.79 Å². The average molecular weight is 352 g/mol. The summed E-state index contributed by atoms with van der Waals surface area (Å²) in [6.07, 6.45) is 6.21. The van der Waals surface area contributed by atoms with Gasteiger partial charge in [0.05, 0.1) is 12.0 Å². The molecular formula is C17H22BrNO2. The second-order valence-electron chi connectivity index (χ2n) is 6.64. The normalized spacial score (nSPS) is 22.0. The fourth-order valence-corrected chi connectivity index (χ4v) is 3.76. The monoisotopic (exact) mass is 351 g/mol. The highest BCUT2D eigenvalue weighted by atomic mass is 79.9. The Labute approximate surface area is 134 Å². The topological polar surface area (TPSA) is 49.3 Å². The molecule has 114 valence electrons. The standard InChI is InChI=1S/C17H22BrNO2/c18-14-5-3-13(4-6-14)17(9-10-17)15(21)19-11-16(12-20)7-1-2-8-16/h3-6,20H,1-2,7-12H2,(H,19,21). The number of aliphatic hydroxyl groups excluding tert-OH is 1. The summed E-state index contributed by atoms with van der Waals surface area (Å²) in [5.41, 5.74) is 0.703. The fourth-order valence-electron chi connectivity index (χ4n) is 3.49. The Morgan fingerprint density at radius 3 is 2.29 bits per heavy atom. The lowest BCUT2D eigenvalue weighted by Gasteiger charge is -2.28. The van der Waals surface area contributed by atoms with Crippen LogP contribution in [0.15, 0.2) is 28.7 Å². The Morgan fingerprint density at radius 1 is 1.14 bits per heavy atom. The Balaban J connectivity index is 1.66. The van der Waals surface area contributed by atoms with E-state index >= 15 is 0 Å². The van der Waals surface area contributed by atoms with E-state index in [1.54, 1.807) is 0 Å². The third-order valence-corrected chi connectivity index (χ3v) is 5.73. The van der Waals surface area contributed by atoms with Gasteiger partial charge in [-0.15, -0.1) is 0 Å². The zero-order valence-electron chi connectivity index (χ0n) is 12.2. The van der Waals surface area contributed by atoms with Crippen LogP contribution in [0.2, 0.25) is 0 Å². The molecular weight excluding hydrogens is 330 g/mol. The van der Waals surface area contributed by atoms with Crippen molar-refractivity contribution in [3.8, 4) is 0 Å². The van der Waals surface area contributed by atoms with Crippen LogP contribution in [0.5, 0.6) is 0 Å². The van der Waals surface area contributed by atoms with Gasteiger partial charge in [0.25, 0.3) is 0 Å². The van der Waals surface area contributed by atoms with Crippen LogP contribution in [0, 0.1) is 5.41 Å². The molecule has 0 saturated heterocycles. The van der Waals surface area contributed by atoms with Crippen LogP contribution in [0.4, 0.5) is 0 Å². The molecule has 2 aliphatic carbocycles. The van der Waals surface area contributed by atoms with Gasteiger partial charge in [-0.1, -0.05) is 40.9 Å². The van der Waals surface area contributed by atoms with Crippen LogP contribution in [0.1, 0.15) is 44.1 Å². The Bertz CT molecular complexity index is 516. The Morgan fingerprint density at radius 2 is 1.76 bits per heavy atom. The van der Waals surface area contributed by atoms with E-state index < -0.39 is 0 Å². The predicted molar refractivity (Wildman–Crippen MR) is 86.1 cm³/mol. The number of carbonyl (C=O) groups excluding carboxylic acids is 1. The lowest BCUT2D eigenvalue weighted by Crippen LogP contribution is -2.42. The number of halogens is 1. The second kappa shape index (κ2) is 5.73. The summed E-state index contributed by atoms with van der Waals surface area (Å²) >= 11 is 3.43. The second-order valence-corrected chi connectivity index (χ2v) is 7.55. The summed E-state index contributed by atoms with van der Waals surface area (Å²) in [5, 5.41) is 12.8. The minimum absolute atomic E-state index is 0.0779. The molecule has 0 heterocycles. The molecule has 3 nitrogen and oxygen atoms in total. The smallest absolute Gasteiger partial charge is 0.230 e. The predicted octanol–water partition coefficient (Wildman–Crippen LogP) is 3.15. The number of hydrogen-bond acceptors (Lipinski definition) is 2. The quantitative estimate of drug-likeness (QED) is 0.855. The largest absolute Gasteiger partial charge is 0.396 e. The molecule has 0 aromatic heterocycles. The summed E-state index contributed by atoms with van der Waals surface area (Å²) < 4.78 is 1.03. The number of carbonyl (C=O) groups is 1. The number of amides is 1. The highest BCUT2D eigenvalue weighted by molar-refractivity contribution is 9.10. The lowest BCUT2D eigenvalue weighted by atomic mass is 9.86. The number of benzene rings is 1. The van der Waals surface area contributed by atoms with Gasteiger partial charge in [0.2, 0.25) is 5.91 Å². The van der Waals surface area contributed by atoms with Gasteiger partial charge in [-0.2, -0.15) is 0 Å². The van der Waals surface area contributed by atoms with Crippen LogP contribution in [0.25, 0.3) is 0 Å². The summed E-state index contributed by atoms with van der Waals surface area (Å²) in [6, 6.07) is 8.06. The molecule has 2 fully saturated rings. The molecule has 0 bridgehead atoms. The van der Waals surface area contributed by atoms with Crippen LogP contribution >= 0.6 is 15.9 Å². The van der Waals surface area contributed by atoms with E-state index in [-0.39, 0.29) is 23.3 Å². The number of nitrogens with one attached hydrogen (secondary N) is 1. The van der Waals surface area contributed by atoms with E-state index in [2.05, 4.69) is 21.2 Å². The molecule has 2 saturated carbocycles. The van der Waals surface area contributed by atoms with E-state index in [1.165, 1.54) is 0 Å². The first-order valence-corrected chi connectivity index (χ1v) is 8.55. The summed E-state index contributed by atoms with van der Waals surface area (Å²) in [4.78, 5) is 12.6. The molecule has 0 atom stereocenters. The lowest BCUT2D eigenvalue weighted by molar-refractivity contribution is -0.124. The van der Waals surface area contributed by atoms with Gasteiger partial charge < -0.3 is 10.4 Å². The fraction of sp³-hybridized carbons (Fsp3) is 0.588. The van der Waals surface area contributed by atoms with Gasteiger partial charge >= 0.3 is 0 Å². The van der Waals surface area contributed by atoms with Gasteiger partial charge in [0.1, 0.15) is 0 Å². The first kappa shape index (κ1) is 15.0. The molecule has 21 heavy (non-hydrogen) atoms. The first-order valence-electron chi connectivity index (χ1n) is 7.76. The van der Waals surface area contributed by atoms with Crippen molar-refractivity contribution in [2.75, 3.05) is 13.2 Å². The van der Waals surface area contributed by atoms with Crippen molar-refractivity contribution in [3.63, 3.8) is 0 Å². The molecule has 0 radical (unpaired) electrons. The third-order valence-electron chi connectivity index (χ3n) is 5.21. The van der Waals surface area contributed by atoms with Gasteiger partial charge in [-0.05, 0) is 43.4 Å². The maximum atomic E-state index is 12.6. The van der Waals surface area contributed by atoms with Crippen molar-refractivity contribution in [1.82, 2.24) is 5.32 Å². The van der Waals surface area contributed by atoms with E-state index in [9.17, 15) is 9.90 Å². The zero-order chi connectivity index (χ0) is 14.9. The maximum absolute atomic E-state index is 12.6. The Hall–Kier alpha value is -0.870. The van der Waals surface area contributed by atoms with Gasteiger partial charge in [0.15, 0.2) is 0 Å². The highest BCUT2D eigenvalue weighted by Gasteiger charge is 2.51. The maximum Gasteiger partial charge on any atom is 0.230 e.